The molecule has 1 rings (SSSR count). The predicted octanol–water partition coefficient (Wildman–Crippen LogP) is 0.199. The molecule has 0 fully saturated rings. The lowest BCUT2D eigenvalue weighted by Crippen LogP contribution is -2.23. The summed E-state index contributed by atoms with van der Waals surface area (Å²) < 4.78 is 36.1. The van der Waals surface area contributed by atoms with Crippen LogP contribution in [0, 0.1) is 0 Å². The molecule has 1 heterocycles. The van der Waals surface area contributed by atoms with E-state index < -0.39 is 25.1 Å². The summed E-state index contributed by atoms with van der Waals surface area (Å²) in [7, 11) is 0. The summed E-state index contributed by atoms with van der Waals surface area (Å²) in [4.78, 5) is 10.2. The van der Waals surface area contributed by atoms with E-state index in [1.165, 1.54) is 0 Å². The Morgan fingerprint density at radius 2 is 2.21 bits per heavy atom. The first kappa shape index (κ1) is 10.6. The fraction of sp³-hybridized carbons (Fsp3) is 0.429. The van der Waals surface area contributed by atoms with Crippen molar-refractivity contribution in [3.63, 3.8) is 0 Å². The number of carboxylic acids is 1. The third-order valence-electron chi connectivity index (χ3n) is 1.47. The second-order valence-electron chi connectivity index (χ2n) is 2.62. The van der Waals surface area contributed by atoms with Crippen LogP contribution < -0.4 is 5.11 Å². The Hall–Kier alpha value is -1.53. The average Bonchev–Trinajstić information content (AvgIpc) is 2.47. The van der Waals surface area contributed by atoms with Gasteiger partial charge in [0.15, 0.2) is 0 Å². The average molecular weight is 207 g/mol. The monoisotopic (exact) mass is 207 g/mol. The van der Waals surface area contributed by atoms with Gasteiger partial charge in [-0.1, -0.05) is 0 Å². The molecule has 0 aromatic carbocycles. The van der Waals surface area contributed by atoms with E-state index in [0.717, 1.165) is 16.9 Å². The van der Waals surface area contributed by atoms with Gasteiger partial charge in [-0.15, -0.1) is 0 Å². The van der Waals surface area contributed by atoms with Crippen LogP contribution in [-0.4, -0.2) is 21.9 Å². The molecule has 0 radical (unpaired) electrons. The molecule has 0 aliphatic heterocycles. The maximum Gasteiger partial charge on any atom is 0.390 e. The van der Waals surface area contributed by atoms with Crippen molar-refractivity contribution in [1.82, 2.24) is 9.78 Å². The van der Waals surface area contributed by atoms with Crippen LogP contribution in [-0.2, 0) is 6.54 Å². The highest BCUT2D eigenvalue weighted by atomic mass is 19.4. The molecule has 78 valence electrons. The molecule has 0 aliphatic rings. The highest BCUT2D eigenvalue weighted by Crippen LogP contribution is 2.19. The molecule has 0 atom stereocenters. The second kappa shape index (κ2) is 3.69. The number of nitrogens with zero attached hydrogens (tertiary/aromatic N) is 2. The van der Waals surface area contributed by atoms with Crippen molar-refractivity contribution in [3.8, 4) is 0 Å². The summed E-state index contributed by atoms with van der Waals surface area (Å²) in [6, 6.07) is 1.09. The summed E-state index contributed by atoms with van der Waals surface area (Å²) in [5.41, 5.74) is -0.368. The van der Waals surface area contributed by atoms with Crippen molar-refractivity contribution in [2.24, 2.45) is 0 Å². The summed E-state index contributed by atoms with van der Waals surface area (Å²) in [6.07, 6.45) is -4.15. The number of carboxylic acid groups (broad SMARTS) is 1. The molecule has 0 N–H and O–H groups in total. The number of carbonyl (C=O) groups excluding carboxylic acids is 1. The van der Waals surface area contributed by atoms with Gasteiger partial charge in [0.2, 0.25) is 0 Å². The molecule has 0 aliphatic carbocycles. The SMILES string of the molecule is O=C([O-])c1ccn(CCC(F)(F)F)n1. The van der Waals surface area contributed by atoms with Crippen molar-refractivity contribution in [3.05, 3.63) is 18.0 Å². The Morgan fingerprint density at radius 1 is 1.57 bits per heavy atom. The molecule has 1 aromatic heterocycles. The van der Waals surface area contributed by atoms with Gasteiger partial charge in [-0.05, 0) is 6.07 Å². The minimum Gasteiger partial charge on any atom is -0.543 e. The Morgan fingerprint density at radius 3 is 2.64 bits per heavy atom. The lowest BCUT2D eigenvalue weighted by atomic mass is 10.4. The van der Waals surface area contributed by atoms with E-state index in [1.807, 2.05) is 0 Å². The van der Waals surface area contributed by atoms with E-state index in [9.17, 15) is 23.1 Å². The molecule has 14 heavy (non-hydrogen) atoms. The van der Waals surface area contributed by atoms with E-state index >= 15 is 0 Å². The van der Waals surface area contributed by atoms with Crippen LogP contribution in [0.2, 0.25) is 0 Å². The smallest absolute Gasteiger partial charge is 0.390 e. The topological polar surface area (TPSA) is 57.9 Å². The largest absolute Gasteiger partial charge is 0.543 e. The maximum absolute atomic E-state index is 11.7. The molecule has 0 spiro atoms. The molecular weight excluding hydrogens is 201 g/mol. The number of aryl methyl sites for hydroxylation is 1. The molecule has 1 aromatic rings. The van der Waals surface area contributed by atoms with Gasteiger partial charge in [0.1, 0.15) is 5.69 Å². The lowest BCUT2D eigenvalue weighted by molar-refractivity contribution is -0.255. The van der Waals surface area contributed by atoms with Gasteiger partial charge in [-0.3, -0.25) is 4.68 Å². The van der Waals surface area contributed by atoms with Crippen LogP contribution in [0.15, 0.2) is 12.3 Å². The minimum absolute atomic E-state index is 0.368. The quantitative estimate of drug-likeness (QED) is 0.711. The number of aromatic nitrogens is 2. The number of rotatable bonds is 3. The molecule has 0 saturated heterocycles. The number of carbonyl (C=O) groups is 1. The van der Waals surface area contributed by atoms with Gasteiger partial charge in [-0.25, -0.2) is 0 Å². The van der Waals surface area contributed by atoms with E-state index in [4.69, 9.17) is 0 Å². The van der Waals surface area contributed by atoms with E-state index in [2.05, 4.69) is 5.10 Å². The molecule has 0 amide bonds. The lowest BCUT2D eigenvalue weighted by Gasteiger charge is -2.05. The predicted molar refractivity (Wildman–Crippen MR) is 37.2 cm³/mol. The fourth-order valence-electron chi connectivity index (χ4n) is 0.836. The molecule has 7 heteroatoms. The van der Waals surface area contributed by atoms with Crippen LogP contribution in [0.25, 0.3) is 0 Å². The molecular formula is C7H6F3N2O2-. The van der Waals surface area contributed by atoms with Crippen LogP contribution in [0.1, 0.15) is 16.9 Å². The minimum atomic E-state index is -4.27. The Bertz CT molecular complexity index is 332. The van der Waals surface area contributed by atoms with Gasteiger partial charge in [0.05, 0.1) is 12.4 Å². The Labute approximate surface area is 77.0 Å². The zero-order chi connectivity index (χ0) is 10.8. The van der Waals surface area contributed by atoms with Crippen molar-refractivity contribution in [1.29, 1.82) is 0 Å². The highest BCUT2D eigenvalue weighted by molar-refractivity contribution is 5.83. The highest BCUT2D eigenvalue weighted by Gasteiger charge is 2.26. The maximum atomic E-state index is 11.7. The summed E-state index contributed by atoms with van der Waals surface area (Å²) in [5, 5.41) is 13.6. The van der Waals surface area contributed by atoms with Crippen molar-refractivity contribution in [2.75, 3.05) is 0 Å². The first-order valence-electron chi connectivity index (χ1n) is 3.70. The first-order chi connectivity index (χ1) is 6.38. The van der Waals surface area contributed by atoms with Gasteiger partial charge in [0, 0.05) is 12.7 Å². The number of aromatic carboxylic acids is 1. The molecule has 0 unspecified atom stereocenters. The van der Waals surface area contributed by atoms with Gasteiger partial charge >= 0.3 is 6.18 Å². The summed E-state index contributed by atoms with van der Waals surface area (Å²) >= 11 is 0. The van der Waals surface area contributed by atoms with Crippen LogP contribution in [0.5, 0.6) is 0 Å². The summed E-state index contributed by atoms with van der Waals surface area (Å²) in [5.74, 6) is -1.50. The number of halogens is 3. The van der Waals surface area contributed by atoms with Crippen molar-refractivity contribution < 1.29 is 23.1 Å². The Balaban J connectivity index is 2.56. The second-order valence-corrected chi connectivity index (χ2v) is 2.62. The van der Waals surface area contributed by atoms with Gasteiger partial charge < -0.3 is 9.90 Å². The van der Waals surface area contributed by atoms with Crippen molar-refractivity contribution >= 4 is 5.97 Å². The first-order valence-corrected chi connectivity index (χ1v) is 3.70. The van der Waals surface area contributed by atoms with E-state index in [1.54, 1.807) is 0 Å². The Kier molecular flexibility index (Phi) is 2.78. The van der Waals surface area contributed by atoms with E-state index in [0.29, 0.717) is 0 Å². The van der Waals surface area contributed by atoms with Crippen LogP contribution in [0.4, 0.5) is 13.2 Å². The van der Waals surface area contributed by atoms with Crippen molar-refractivity contribution in [2.45, 2.75) is 19.1 Å². The normalized spacial score (nSPS) is 11.6. The van der Waals surface area contributed by atoms with Crippen LogP contribution in [0.3, 0.4) is 0 Å². The van der Waals surface area contributed by atoms with E-state index in [-0.39, 0.29) is 5.69 Å². The summed E-state index contributed by atoms with van der Waals surface area (Å²) in [6.45, 7) is -0.392. The van der Waals surface area contributed by atoms with Gasteiger partial charge in [0.25, 0.3) is 0 Å². The third-order valence-corrected chi connectivity index (χ3v) is 1.47. The fourth-order valence-corrected chi connectivity index (χ4v) is 0.836. The number of hydrogen-bond acceptors (Lipinski definition) is 3. The van der Waals surface area contributed by atoms with Gasteiger partial charge in [-0.2, -0.15) is 18.3 Å². The zero-order valence-corrected chi connectivity index (χ0v) is 6.91. The molecule has 0 bridgehead atoms. The number of hydrogen-bond donors (Lipinski definition) is 0. The molecule has 0 saturated carbocycles. The third kappa shape index (κ3) is 3.08. The number of alkyl halides is 3. The van der Waals surface area contributed by atoms with Crippen LogP contribution >= 0.6 is 0 Å². The molecule has 4 nitrogen and oxygen atoms in total. The zero-order valence-electron chi connectivity index (χ0n) is 6.91. The standard InChI is InChI=1S/C7H7F3N2O2/c8-7(9,10)2-4-12-3-1-5(11-12)6(13)14/h1,3H,2,4H2,(H,13,14)/p-1.